The second kappa shape index (κ2) is 33.8. The number of aromatic nitrogens is 3. The fraction of sp³-hybridized carbons (Fsp3) is 0.0543. The third-order valence-electron chi connectivity index (χ3n) is 19.5. The van der Waals surface area contributed by atoms with Gasteiger partial charge in [0.25, 0.3) is 0 Å². The lowest BCUT2D eigenvalue weighted by Gasteiger charge is -2.16. The minimum absolute atomic E-state index is 0.0508. The third-order valence-corrected chi connectivity index (χ3v) is 26.0. The number of benzene rings is 14. The van der Waals surface area contributed by atoms with E-state index in [9.17, 15) is 91.2 Å². The number of phenolic OH excluding ortho intramolecular Hbond substituents is 2. The fourth-order valence-corrected chi connectivity index (χ4v) is 20.5. The number of aliphatic hydroxyl groups is 1. The summed E-state index contributed by atoms with van der Waals surface area (Å²) in [6.45, 7) is 0.837. The first-order valence-corrected chi connectivity index (χ1v) is 39.6. The van der Waals surface area contributed by atoms with Gasteiger partial charge in [-0.3, -0.25) is 14.4 Å². The molecule has 0 amide bonds. The molecular weight excluding hydrogens is 1610 g/mol. The molecule has 0 aliphatic heterocycles. The third kappa shape index (κ3) is 16.0. The molecule has 0 atom stereocenters. The molecule has 0 aliphatic carbocycles. The lowest BCUT2D eigenvalue weighted by Crippen LogP contribution is -2.14. The number of nitrogens with zero attached hydrogens (tertiary/aromatic N) is 3. The van der Waals surface area contributed by atoms with Gasteiger partial charge in [0, 0.05) is 103 Å². The van der Waals surface area contributed by atoms with Crippen molar-refractivity contribution in [1.29, 1.82) is 0 Å². The Morgan fingerprint density at radius 2 is 0.559 bits per heavy atom. The first kappa shape index (κ1) is 80.3. The molecule has 0 spiro atoms. The van der Waals surface area contributed by atoms with Crippen LogP contribution in [0.15, 0.2) is 331 Å². The maximum Gasteiger partial charge on any atom is 0.197 e. The lowest BCUT2D eigenvalue weighted by molar-refractivity contribution is 0.279. The zero-order chi connectivity index (χ0) is 83.1. The van der Waals surface area contributed by atoms with Gasteiger partial charge in [0.2, 0.25) is 0 Å². The molecule has 0 fully saturated rings. The van der Waals surface area contributed by atoms with E-state index in [4.69, 9.17) is 0 Å². The average molecular weight is 1660 g/mol. The van der Waals surface area contributed by atoms with Crippen molar-refractivity contribution < 1.29 is 76.8 Å². The molecule has 3 aromatic heterocycles. The van der Waals surface area contributed by atoms with E-state index in [1.165, 1.54) is 54.6 Å². The smallest absolute Gasteiger partial charge is 0.197 e. The van der Waals surface area contributed by atoms with Gasteiger partial charge in [-0.05, 0) is 163 Å². The van der Waals surface area contributed by atoms with Gasteiger partial charge in [-0.15, -0.1) is 0 Å². The van der Waals surface area contributed by atoms with E-state index < -0.39 is 102 Å². The van der Waals surface area contributed by atoms with Crippen molar-refractivity contribution >= 4 is 98.1 Å². The number of phenols is 2. The number of aliphatic hydroxyl groups excluding tert-OH is 1. The molecule has 3 heterocycles. The maximum absolute atomic E-state index is 14.3. The number of fused-ring (bicyclic) bond motifs is 6. The van der Waals surface area contributed by atoms with Crippen molar-refractivity contribution in [2.45, 2.75) is 70.1 Å². The lowest BCUT2D eigenvalue weighted by atomic mass is 10.1. The van der Waals surface area contributed by atoms with Crippen LogP contribution in [0.3, 0.4) is 0 Å². The largest absolute Gasteiger partial charge is 0.508 e. The summed E-state index contributed by atoms with van der Waals surface area (Å²) in [5.74, 6) is -19.4. The van der Waals surface area contributed by atoms with Gasteiger partial charge in [-0.1, -0.05) is 60.7 Å². The summed E-state index contributed by atoms with van der Waals surface area (Å²) < 4.78 is 203. The van der Waals surface area contributed by atoms with Crippen LogP contribution in [0.4, 0.5) is 61.5 Å². The highest BCUT2D eigenvalue weighted by molar-refractivity contribution is 7.97. The summed E-state index contributed by atoms with van der Waals surface area (Å²) >= 11 is 0. The van der Waals surface area contributed by atoms with Gasteiger partial charge < -0.3 is 29.0 Å². The first-order valence-electron chi connectivity index (χ1n) is 36.0. The van der Waals surface area contributed by atoms with Crippen LogP contribution in [0.25, 0.3) is 65.4 Å². The number of rotatable bonds is 16. The highest BCUT2D eigenvalue weighted by Gasteiger charge is 2.38. The molecule has 17 rings (SSSR count). The second-order valence-corrected chi connectivity index (χ2v) is 33.0. The molecule has 0 saturated carbocycles. The zero-order valence-electron chi connectivity index (χ0n) is 60.9. The number of hydrogen-bond donors (Lipinski definition) is 3. The van der Waals surface area contributed by atoms with E-state index in [1.54, 1.807) is 120 Å². The molecule has 118 heavy (non-hydrogen) atoms. The van der Waals surface area contributed by atoms with Crippen molar-refractivity contribution in [3.8, 4) is 11.5 Å². The van der Waals surface area contributed by atoms with Gasteiger partial charge in [-0.2, -0.15) is 0 Å². The Hall–Kier alpha value is -12.9. The minimum Gasteiger partial charge on any atom is -0.508 e. The molecular formula is C92H58F14N3O6S3+3. The minimum atomic E-state index is -1.72. The van der Waals surface area contributed by atoms with Crippen LogP contribution in [0.5, 0.6) is 11.5 Å². The number of halogens is 14. The monoisotopic (exact) mass is 1660 g/mol. The van der Waals surface area contributed by atoms with Crippen LogP contribution >= 0.6 is 0 Å². The molecule has 0 bridgehead atoms. The fourth-order valence-electron chi connectivity index (χ4n) is 14.2. The molecule has 14 aromatic carbocycles. The second-order valence-electron chi connectivity index (χ2n) is 26.9. The maximum atomic E-state index is 14.3. The Labute approximate surface area is 669 Å². The Kier molecular flexibility index (Phi) is 23.0. The molecule has 0 aliphatic rings. The van der Waals surface area contributed by atoms with Crippen LogP contribution in [-0.2, 0) is 58.7 Å². The van der Waals surface area contributed by atoms with Crippen molar-refractivity contribution in [3.63, 3.8) is 0 Å². The highest BCUT2D eigenvalue weighted by atomic mass is 32.2. The Balaban J connectivity index is 0.000000139. The molecule has 26 heteroatoms. The topological polar surface area (TPSA) is 127 Å². The molecule has 0 unspecified atom stereocenters. The normalized spacial score (nSPS) is 11.6. The molecule has 0 saturated heterocycles. The summed E-state index contributed by atoms with van der Waals surface area (Å²) in [4.78, 5) is 43.2. The number of hydrogen-bond acceptors (Lipinski definition) is 6. The van der Waals surface area contributed by atoms with Gasteiger partial charge >= 0.3 is 0 Å². The molecule has 0 radical (unpaired) electrons. The predicted molar refractivity (Wildman–Crippen MR) is 428 cm³/mol. The SMILES string of the molecule is O=c1c2ccccc2n(CCO)c2ccc([S+](c3cc(F)c(F)c(F)c3)c3cc(F)c(F)c(F)c3)cc12.O=c1c2ccccc2n(CCc2ccc(O)cc2)c2ccc([S+](c3ccc(F)cc3)c3ccc(F)cc3)cc12.O=c1c2ccccc2n(Cc2cccc(O)c2)c2ccc([S+](c3cc(F)c(F)c(F)c3)c3cc(F)c(F)c(F)c3)cc12. The Bertz CT molecular complexity index is 6770. The number of para-hydroxylation sites is 3. The van der Waals surface area contributed by atoms with Crippen molar-refractivity contribution in [2.24, 2.45) is 0 Å². The highest BCUT2D eigenvalue weighted by Crippen LogP contribution is 2.40. The van der Waals surface area contributed by atoms with Crippen molar-refractivity contribution in [2.75, 3.05) is 6.61 Å². The van der Waals surface area contributed by atoms with Crippen LogP contribution in [0.2, 0.25) is 0 Å². The number of aryl methyl sites for hydroxylation is 2. The molecule has 3 N–H and O–H groups in total. The van der Waals surface area contributed by atoms with Gasteiger partial charge in [0.1, 0.15) is 23.1 Å². The summed E-state index contributed by atoms with van der Waals surface area (Å²) in [5, 5.41) is 31.5. The van der Waals surface area contributed by atoms with E-state index >= 15 is 0 Å². The van der Waals surface area contributed by atoms with Crippen LogP contribution in [0.1, 0.15) is 11.1 Å². The quantitative estimate of drug-likeness (QED) is 0.0383. The van der Waals surface area contributed by atoms with Crippen LogP contribution in [-0.4, -0.2) is 35.6 Å². The summed E-state index contributed by atoms with van der Waals surface area (Å²) in [6.07, 6.45) is 0.722. The first-order chi connectivity index (χ1) is 56.8. The number of aromatic hydroxyl groups is 2. The standard InChI is InChI=1S/C33H23F2NO2S.C32H17F6NO2S.C27H16F6NO2S/c34-23-7-13-26(14-8-23)39(27-15-9-24(35)10-16-27)28-17-18-32-30(21-28)33(38)29-3-1-2-4-31(29)36(32)20-19-22-5-11-25(37)12-6-22;33-24-12-20(13-25(34)30(24)37)42(21-14-26(35)31(38)27(36)15-21)19-8-9-29-23(11-19)32(41)22-6-1-2-7-28(22)39(29)16-17-4-3-5-18(40)10-17;28-19-10-15(11-20(29)25(19)32)37(16-12-21(30)26(33)22(31)13-16)14-5-6-24-18(9-14)27(36)17-3-1-2-4-23(17)34(24)7-8-35/h1-18,21H,19-20H2;1-15H,16H2;1-6,9-13,35H,7-8H2/q;;+1/p+2. The summed E-state index contributed by atoms with van der Waals surface area (Å²) in [7, 11) is -4.04. The summed E-state index contributed by atoms with van der Waals surface area (Å²) in [6, 6.07) is 68.1. The van der Waals surface area contributed by atoms with Crippen LogP contribution < -0.4 is 16.3 Å². The molecule has 590 valence electrons. The summed E-state index contributed by atoms with van der Waals surface area (Å²) in [5.41, 5.74) is 4.80. The van der Waals surface area contributed by atoms with E-state index in [2.05, 4.69) is 4.57 Å². The van der Waals surface area contributed by atoms with Crippen molar-refractivity contribution in [1.82, 2.24) is 13.7 Å². The number of pyridine rings is 3. The Morgan fingerprint density at radius 1 is 0.254 bits per heavy atom. The predicted octanol–water partition coefficient (Wildman–Crippen LogP) is 21.4. The average Bonchev–Trinajstić information content (AvgIpc) is 0.750. The van der Waals surface area contributed by atoms with Gasteiger partial charge in [0.15, 0.2) is 130 Å². The van der Waals surface area contributed by atoms with Gasteiger partial charge in [0.05, 0.1) is 88.6 Å². The van der Waals surface area contributed by atoms with E-state index in [-0.39, 0.29) is 99.3 Å². The van der Waals surface area contributed by atoms with Gasteiger partial charge in [-0.25, -0.2) is 61.5 Å². The van der Waals surface area contributed by atoms with E-state index in [0.29, 0.717) is 98.7 Å². The van der Waals surface area contributed by atoms with Crippen molar-refractivity contribution in [3.05, 3.63) is 396 Å². The molecule has 9 nitrogen and oxygen atoms in total. The molecule has 17 aromatic rings. The van der Waals surface area contributed by atoms with Crippen LogP contribution in [0, 0.1) is 81.4 Å². The van der Waals surface area contributed by atoms with E-state index in [1.807, 2.05) is 59.2 Å². The van der Waals surface area contributed by atoms with E-state index in [0.717, 1.165) is 43.3 Å². The zero-order valence-corrected chi connectivity index (χ0v) is 63.4. The Morgan fingerprint density at radius 3 is 0.907 bits per heavy atom.